The normalized spacial score (nSPS) is 28.6. The molecular formula is C26H26N2O4. The highest BCUT2D eigenvalue weighted by Gasteiger charge is 2.61. The number of ether oxygens (including phenoxy) is 1. The molecule has 2 aliphatic carbocycles. The molecule has 3 atom stereocenters. The van der Waals surface area contributed by atoms with Crippen molar-refractivity contribution in [3.8, 4) is 0 Å². The van der Waals surface area contributed by atoms with Crippen molar-refractivity contribution in [1.29, 1.82) is 0 Å². The van der Waals surface area contributed by atoms with Crippen LogP contribution < -0.4 is 0 Å². The maximum absolute atomic E-state index is 13.5. The highest BCUT2D eigenvalue weighted by molar-refractivity contribution is 6.21. The van der Waals surface area contributed by atoms with Crippen LogP contribution in [0, 0.1) is 5.92 Å². The Kier molecular flexibility index (Phi) is 4.47. The molecule has 2 heterocycles. The number of benzene rings is 2. The van der Waals surface area contributed by atoms with E-state index in [1.54, 1.807) is 24.3 Å². The molecule has 6 heteroatoms. The van der Waals surface area contributed by atoms with Gasteiger partial charge >= 0.3 is 0 Å². The predicted molar refractivity (Wildman–Crippen MR) is 117 cm³/mol. The third-order valence-electron chi connectivity index (χ3n) is 7.71. The first kappa shape index (κ1) is 19.7. The average molecular weight is 431 g/mol. The monoisotopic (exact) mass is 430 g/mol. The topological polar surface area (TPSA) is 66.9 Å². The van der Waals surface area contributed by atoms with E-state index in [9.17, 15) is 14.4 Å². The Hall–Kier alpha value is -2.99. The van der Waals surface area contributed by atoms with E-state index in [-0.39, 0.29) is 41.7 Å². The first-order valence-electron chi connectivity index (χ1n) is 11.5. The molecule has 32 heavy (non-hydrogen) atoms. The van der Waals surface area contributed by atoms with E-state index < -0.39 is 0 Å². The summed E-state index contributed by atoms with van der Waals surface area (Å²) in [6.07, 6.45) is 3.86. The van der Waals surface area contributed by atoms with Crippen molar-refractivity contribution >= 4 is 17.7 Å². The lowest BCUT2D eigenvalue weighted by molar-refractivity contribution is -0.140. The fourth-order valence-electron chi connectivity index (χ4n) is 6.01. The number of nitrogens with zero attached hydrogens (tertiary/aromatic N) is 2. The van der Waals surface area contributed by atoms with Gasteiger partial charge in [-0.15, -0.1) is 0 Å². The second-order valence-electron chi connectivity index (χ2n) is 9.47. The number of hydrogen-bond donors (Lipinski definition) is 0. The largest absolute Gasteiger partial charge is 0.373 e. The van der Waals surface area contributed by atoms with Gasteiger partial charge in [0.2, 0.25) is 5.91 Å². The first-order chi connectivity index (χ1) is 15.6. The van der Waals surface area contributed by atoms with Gasteiger partial charge in [-0.25, -0.2) is 0 Å². The summed E-state index contributed by atoms with van der Waals surface area (Å²) in [5.74, 6) is -0.338. The molecule has 0 aromatic heterocycles. The summed E-state index contributed by atoms with van der Waals surface area (Å²) in [5.41, 5.74) is 3.64. The Morgan fingerprint density at radius 1 is 1.03 bits per heavy atom. The number of imide groups is 1. The molecular weight excluding hydrogens is 404 g/mol. The van der Waals surface area contributed by atoms with Crippen molar-refractivity contribution < 1.29 is 19.1 Å². The SMILES string of the molecule is O=C(C1CC12CCCc1ccccc12)N1CCOC(CN2C(=O)c3ccccc3C2=O)C1. The summed E-state index contributed by atoms with van der Waals surface area (Å²) in [5, 5.41) is 0. The molecule has 0 bridgehead atoms. The fourth-order valence-corrected chi connectivity index (χ4v) is 6.01. The summed E-state index contributed by atoms with van der Waals surface area (Å²) >= 11 is 0. The summed E-state index contributed by atoms with van der Waals surface area (Å²) in [7, 11) is 0. The summed E-state index contributed by atoms with van der Waals surface area (Å²) in [4.78, 5) is 42.0. The number of carbonyl (C=O) groups excluding carboxylic acids is 3. The van der Waals surface area contributed by atoms with Crippen LogP contribution in [0.4, 0.5) is 0 Å². The lowest BCUT2D eigenvalue weighted by Crippen LogP contribution is -2.51. The highest BCUT2D eigenvalue weighted by Crippen LogP contribution is 2.60. The number of hydrogen-bond acceptors (Lipinski definition) is 4. The molecule has 2 aromatic rings. The van der Waals surface area contributed by atoms with E-state index in [1.807, 2.05) is 4.90 Å². The molecule has 1 saturated heterocycles. The molecule has 3 unspecified atom stereocenters. The lowest BCUT2D eigenvalue weighted by atomic mass is 9.78. The standard InChI is InChI=1S/C26H26N2O4/c29-23-19-8-2-3-9-20(19)24(30)28(23)16-18-15-27(12-13-32-18)25(31)22-14-26(22)11-5-7-17-6-1-4-10-21(17)26/h1-4,6,8-10,18,22H,5,7,11-16H2. The Morgan fingerprint density at radius 3 is 2.53 bits per heavy atom. The minimum atomic E-state index is -0.358. The molecule has 4 aliphatic rings. The molecule has 6 nitrogen and oxygen atoms in total. The minimum Gasteiger partial charge on any atom is -0.373 e. The van der Waals surface area contributed by atoms with Crippen molar-refractivity contribution in [3.63, 3.8) is 0 Å². The third kappa shape index (κ3) is 2.93. The number of fused-ring (bicyclic) bond motifs is 3. The van der Waals surface area contributed by atoms with Crippen LogP contribution in [-0.2, 0) is 21.4 Å². The minimum absolute atomic E-state index is 0.00224. The van der Waals surface area contributed by atoms with E-state index in [0.29, 0.717) is 30.8 Å². The van der Waals surface area contributed by atoms with Crippen LogP contribution in [0.15, 0.2) is 48.5 Å². The van der Waals surface area contributed by atoms with Gasteiger partial charge in [0.15, 0.2) is 0 Å². The molecule has 1 saturated carbocycles. The molecule has 2 aliphatic heterocycles. The summed E-state index contributed by atoms with van der Waals surface area (Å²) in [6.45, 7) is 1.58. The number of morpholine rings is 1. The van der Waals surface area contributed by atoms with E-state index >= 15 is 0 Å². The van der Waals surface area contributed by atoms with Gasteiger partial charge in [0.25, 0.3) is 11.8 Å². The zero-order valence-electron chi connectivity index (χ0n) is 18.0. The quantitative estimate of drug-likeness (QED) is 0.703. The van der Waals surface area contributed by atoms with Gasteiger partial charge in [-0.1, -0.05) is 36.4 Å². The second kappa shape index (κ2) is 7.27. The van der Waals surface area contributed by atoms with Crippen LogP contribution in [0.1, 0.15) is 51.1 Å². The molecule has 2 aromatic carbocycles. The van der Waals surface area contributed by atoms with E-state index in [4.69, 9.17) is 4.74 Å². The van der Waals surface area contributed by atoms with Crippen molar-refractivity contribution in [2.45, 2.75) is 37.2 Å². The summed E-state index contributed by atoms with van der Waals surface area (Å²) in [6, 6.07) is 15.5. The molecule has 1 spiro atoms. The Bertz CT molecular complexity index is 1090. The van der Waals surface area contributed by atoms with E-state index in [1.165, 1.54) is 16.0 Å². The predicted octanol–water partition coefficient (Wildman–Crippen LogP) is 2.80. The molecule has 6 rings (SSSR count). The number of carbonyl (C=O) groups is 3. The Labute approximate surface area is 187 Å². The van der Waals surface area contributed by atoms with Crippen LogP contribution in [0.2, 0.25) is 0 Å². The van der Waals surface area contributed by atoms with Crippen LogP contribution in [0.25, 0.3) is 0 Å². The molecule has 3 amide bonds. The van der Waals surface area contributed by atoms with Gasteiger partial charge in [-0.2, -0.15) is 0 Å². The second-order valence-corrected chi connectivity index (χ2v) is 9.47. The molecule has 0 radical (unpaired) electrons. The van der Waals surface area contributed by atoms with Crippen LogP contribution in [-0.4, -0.2) is 59.9 Å². The summed E-state index contributed by atoms with van der Waals surface area (Å²) < 4.78 is 5.87. The van der Waals surface area contributed by atoms with Crippen LogP contribution in [0.5, 0.6) is 0 Å². The average Bonchev–Trinajstić information content (AvgIpc) is 3.50. The maximum atomic E-state index is 13.5. The zero-order valence-corrected chi connectivity index (χ0v) is 18.0. The first-order valence-corrected chi connectivity index (χ1v) is 11.5. The van der Waals surface area contributed by atoms with Gasteiger partial charge in [-0.3, -0.25) is 19.3 Å². The van der Waals surface area contributed by atoms with Gasteiger partial charge in [-0.05, 0) is 48.9 Å². The zero-order chi connectivity index (χ0) is 21.9. The highest BCUT2D eigenvalue weighted by atomic mass is 16.5. The van der Waals surface area contributed by atoms with E-state index in [0.717, 1.165) is 25.7 Å². The molecule has 2 fully saturated rings. The van der Waals surface area contributed by atoms with Crippen molar-refractivity contribution in [2.75, 3.05) is 26.2 Å². The number of amides is 3. The van der Waals surface area contributed by atoms with Crippen LogP contribution in [0.3, 0.4) is 0 Å². The van der Waals surface area contributed by atoms with Crippen LogP contribution >= 0.6 is 0 Å². The maximum Gasteiger partial charge on any atom is 0.261 e. The van der Waals surface area contributed by atoms with Gasteiger partial charge in [0.05, 0.1) is 30.4 Å². The number of aryl methyl sites for hydroxylation is 1. The van der Waals surface area contributed by atoms with Gasteiger partial charge in [0.1, 0.15) is 0 Å². The Balaban J connectivity index is 1.15. The lowest BCUT2D eigenvalue weighted by Gasteiger charge is -2.35. The Morgan fingerprint density at radius 2 is 1.75 bits per heavy atom. The van der Waals surface area contributed by atoms with Crippen molar-refractivity contribution in [2.24, 2.45) is 5.92 Å². The van der Waals surface area contributed by atoms with Crippen molar-refractivity contribution in [3.05, 3.63) is 70.8 Å². The molecule has 0 N–H and O–H groups in total. The van der Waals surface area contributed by atoms with E-state index in [2.05, 4.69) is 24.3 Å². The smallest absolute Gasteiger partial charge is 0.261 e. The number of rotatable bonds is 3. The fraction of sp³-hybridized carbons (Fsp3) is 0.423. The molecule has 164 valence electrons. The van der Waals surface area contributed by atoms with Gasteiger partial charge < -0.3 is 9.64 Å². The van der Waals surface area contributed by atoms with Gasteiger partial charge in [0, 0.05) is 24.4 Å². The van der Waals surface area contributed by atoms with Crippen molar-refractivity contribution in [1.82, 2.24) is 9.80 Å². The third-order valence-corrected chi connectivity index (χ3v) is 7.71.